The molecule has 1 aliphatic rings. The first-order chi connectivity index (χ1) is 12.2. The standard InChI is InChI=1S/C18H18FN3O4/c1-18(2)12-7-13(20)15(22(24)25)8-14(12)21(17(18)23)9-10-4-5-11(19)6-16(10)26-3/h4-8H,9,20H2,1-3H3. The van der Waals surface area contributed by atoms with E-state index < -0.39 is 16.2 Å². The summed E-state index contributed by atoms with van der Waals surface area (Å²) in [5.74, 6) is -0.379. The van der Waals surface area contributed by atoms with Crippen LogP contribution >= 0.6 is 0 Å². The van der Waals surface area contributed by atoms with Crippen LogP contribution in [0.2, 0.25) is 0 Å². The second-order valence-corrected chi connectivity index (χ2v) is 6.66. The highest BCUT2D eigenvalue weighted by Gasteiger charge is 2.45. The predicted molar refractivity (Wildman–Crippen MR) is 94.7 cm³/mol. The van der Waals surface area contributed by atoms with E-state index in [1.54, 1.807) is 13.8 Å². The lowest BCUT2D eigenvalue weighted by molar-refractivity contribution is -0.383. The number of hydrogen-bond donors (Lipinski definition) is 1. The zero-order chi connectivity index (χ0) is 19.2. The molecule has 2 N–H and O–H groups in total. The van der Waals surface area contributed by atoms with Crippen molar-refractivity contribution >= 4 is 23.0 Å². The van der Waals surface area contributed by atoms with Crippen molar-refractivity contribution in [2.45, 2.75) is 25.8 Å². The first kappa shape index (κ1) is 17.7. The molecule has 0 spiro atoms. The molecular formula is C18H18FN3O4. The third-order valence-electron chi connectivity index (χ3n) is 4.66. The van der Waals surface area contributed by atoms with Gasteiger partial charge < -0.3 is 15.4 Å². The van der Waals surface area contributed by atoms with Crippen LogP contribution in [0.15, 0.2) is 30.3 Å². The number of carbonyl (C=O) groups is 1. The maximum Gasteiger partial charge on any atom is 0.294 e. The summed E-state index contributed by atoms with van der Waals surface area (Å²) >= 11 is 0. The lowest BCUT2D eigenvalue weighted by atomic mass is 9.86. The van der Waals surface area contributed by atoms with Crippen molar-refractivity contribution in [2.75, 3.05) is 17.7 Å². The minimum Gasteiger partial charge on any atom is -0.496 e. The van der Waals surface area contributed by atoms with E-state index >= 15 is 0 Å². The second kappa shape index (κ2) is 5.98. The monoisotopic (exact) mass is 359 g/mol. The quantitative estimate of drug-likeness (QED) is 0.514. The van der Waals surface area contributed by atoms with Gasteiger partial charge in [0.25, 0.3) is 5.69 Å². The molecule has 0 aromatic heterocycles. The number of halogens is 1. The van der Waals surface area contributed by atoms with Gasteiger partial charge in [-0.05, 0) is 31.5 Å². The summed E-state index contributed by atoms with van der Waals surface area (Å²) in [6.45, 7) is 3.57. The number of fused-ring (bicyclic) bond motifs is 1. The third-order valence-corrected chi connectivity index (χ3v) is 4.66. The number of carbonyl (C=O) groups excluding carboxylic acids is 1. The van der Waals surface area contributed by atoms with Crippen molar-refractivity contribution in [3.8, 4) is 5.75 Å². The number of anilines is 2. The molecule has 2 aromatic carbocycles. The fourth-order valence-electron chi connectivity index (χ4n) is 3.21. The van der Waals surface area contributed by atoms with E-state index in [2.05, 4.69) is 0 Å². The van der Waals surface area contributed by atoms with Crippen LogP contribution in [-0.4, -0.2) is 17.9 Å². The Balaban J connectivity index is 2.12. The lowest BCUT2D eigenvalue weighted by Gasteiger charge is -2.21. The van der Waals surface area contributed by atoms with Gasteiger partial charge in [0.2, 0.25) is 5.91 Å². The van der Waals surface area contributed by atoms with Crippen LogP contribution in [0.25, 0.3) is 0 Å². The van der Waals surface area contributed by atoms with Crippen molar-refractivity contribution in [3.63, 3.8) is 0 Å². The van der Waals surface area contributed by atoms with Gasteiger partial charge in [-0.2, -0.15) is 0 Å². The van der Waals surface area contributed by atoms with Crippen molar-refractivity contribution in [1.82, 2.24) is 0 Å². The van der Waals surface area contributed by atoms with Crippen LogP contribution in [0.1, 0.15) is 25.0 Å². The number of amides is 1. The summed E-state index contributed by atoms with van der Waals surface area (Å²) in [7, 11) is 1.41. The van der Waals surface area contributed by atoms with Crippen molar-refractivity contribution in [1.29, 1.82) is 0 Å². The van der Waals surface area contributed by atoms with Gasteiger partial charge in [0, 0.05) is 17.7 Å². The summed E-state index contributed by atoms with van der Waals surface area (Å²) in [5, 5.41) is 11.2. The Morgan fingerprint density at radius 2 is 2.00 bits per heavy atom. The second-order valence-electron chi connectivity index (χ2n) is 6.66. The molecule has 0 fully saturated rings. The first-order valence-corrected chi connectivity index (χ1v) is 7.89. The Labute approximate surface area is 149 Å². The molecule has 1 aliphatic heterocycles. The Bertz CT molecular complexity index is 927. The molecule has 26 heavy (non-hydrogen) atoms. The summed E-state index contributed by atoms with van der Waals surface area (Å²) < 4.78 is 18.6. The molecule has 0 radical (unpaired) electrons. The Morgan fingerprint density at radius 3 is 2.62 bits per heavy atom. The molecule has 1 amide bonds. The Kier molecular flexibility index (Phi) is 4.06. The number of nitrogens with two attached hydrogens (primary N) is 1. The number of methoxy groups -OCH3 is 1. The average Bonchev–Trinajstić information content (AvgIpc) is 2.76. The topological polar surface area (TPSA) is 98.7 Å². The molecule has 0 saturated heterocycles. The molecule has 136 valence electrons. The molecule has 0 saturated carbocycles. The number of nitrogens with zero attached hydrogens (tertiary/aromatic N) is 2. The van der Waals surface area contributed by atoms with Gasteiger partial charge in [0.15, 0.2) is 0 Å². The summed E-state index contributed by atoms with van der Waals surface area (Å²) in [4.78, 5) is 25.0. The van der Waals surface area contributed by atoms with Crippen LogP contribution in [0.3, 0.4) is 0 Å². The van der Waals surface area contributed by atoms with E-state index in [0.717, 1.165) is 0 Å². The molecule has 2 aromatic rings. The molecule has 0 atom stereocenters. The molecule has 7 nitrogen and oxygen atoms in total. The first-order valence-electron chi connectivity index (χ1n) is 7.89. The van der Waals surface area contributed by atoms with Crippen LogP contribution in [0.4, 0.5) is 21.5 Å². The van der Waals surface area contributed by atoms with Gasteiger partial charge in [-0.25, -0.2) is 4.39 Å². The SMILES string of the molecule is COc1cc(F)ccc1CN1C(=O)C(C)(C)c2cc(N)c([N+](=O)[O-])cc21. The largest absolute Gasteiger partial charge is 0.496 e. The van der Waals surface area contributed by atoms with Crippen molar-refractivity contribution < 1.29 is 18.8 Å². The van der Waals surface area contributed by atoms with Crippen molar-refractivity contribution in [2.24, 2.45) is 0 Å². The van der Waals surface area contributed by atoms with Crippen LogP contribution < -0.4 is 15.4 Å². The van der Waals surface area contributed by atoms with E-state index in [0.29, 0.717) is 22.6 Å². The van der Waals surface area contributed by atoms with Crippen LogP contribution in [0, 0.1) is 15.9 Å². The van der Waals surface area contributed by atoms with Gasteiger partial charge in [-0.1, -0.05) is 6.07 Å². The molecule has 3 rings (SSSR count). The molecule has 0 bridgehead atoms. The fourth-order valence-corrected chi connectivity index (χ4v) is 3.21. The van der Waals surface area contributed by atoms with E-state index in [1.165, 1.54) is 42.3 Å². The number of hydrogen-bond acceptors (Lipinski definition) is 5. The molecule has 0 aliphatic carbocycles. The van der Waals surface area contributed by atoms with Crippen LogP contribution in [0.5, 0.6) is 5.75 Å². The predicted octanol–water partition coefficient (Wildman–Crippen LogP) is 3.15. The molecule has 1 heterocycles. The minimum atomic E-state index is -0.883. The Hall–Kier alpha value is -3.16. The fraction of sp³-hybridized carbons (Fsp3) is 0.278. The molecular weight excluding hydrogens is 341 g/mol. The van der Waals surface area contributed by atoms with E-state index in [4.69, 9.17) is 10.5 Å². The van der Waals surface area contributed by atoms with E-state index in [9.17, 15) is 19.3 Å². The lowest BCUT2D eigenvalue weighted by Crippen LogP contribution is -2.35. The molecule has 0 unspecified atom stereocenters. The highest BCUT2D eigenvalue weighted by atomic mass is 19.1. The number of ether oxygens (including phenoxy) is 1. The van der Waals surface area contributed by atoms with E-state index in [1.807, 2.05) is 0 Å². The third kappa shape index (κ3) is 2.63. The number of benzene rings is 2. The average molecular weight is 359 g/mol. The normalized spacial score (nSPS) is 15.1. The van der Waals surface area contributed by atoms with Crippen molar-refractivity contribution in [3.05, 3.63) is 57.4 Å². The van der Waals surface area contributed by atoms with Gasteiger partial charge in [-0.3, -0.25) is 14.9 Å². The Morgan fingerprint density at radius 1 is 1.31 bits per heavy atom. The smallest absolute Gasteiger partial charge is 0.294 e. The maximum absolute atomic E-state index is 13.4. The van der Waals surface area contributed by atoms with E-state index in [-0.39, 0.29) is 23.8 Å². The van der Waals surface area contributed by atoms with Gasteiger partial charge in [-0.15, -0.1) is 0 Å². The van der Waals surface area contributed by atoms with Crippen LogP contribution in [-0.2, 0) is 16.8 Å². The zero-order valence-corrected chi connectivity index (χ0v) is 14.6. The maximum atomic E-state index is 13.4. The summed E-state index contributed by atoms with van der Waals surface area (Å²) in [5.41, 5.74) is 6.29. The molecule has 8 heteroatoms. The number of nitrogen functional groups attached to an aromatic ring is 1. The minimum absolute atomic E-state index is 0.0100. The summed E-state index contributed by atoms with van der Waals surface area (Å²) in [6, 6.07) is 6.82. The number of rotatable bonds is 4. The highest BCUT2D eigenvalue weighted by Crippen LogP contribution is 2.46. The number of nitro groups is 1. The number of nitro benzene ring substituents is 1. The zero-order valence-electron chi connectivity index (χ0n) is 14.6. The van der Waals surface area contributed by atoms with Gasteiger partial charge in [0.1, 0.15) is 17.3 Å². The highest BCUT2D eigenvalue weighted by molar-refractivity contribution is 6.08. The van der Waals surface area contributed by atoms with Gasteiger partial charge >= 0.3 is 0 Å². The summed E-state index contributed by atoms with van der Waals surface area (Å²) in [6.07, 6.45) is 0. The van der Waals surface area contributed by atoms with Gasteiger partial charge in [0.05, 0.1) is 29.7 Å².